The Hall–Kier alpha value is -2.64. The van der Waals surface area contributed by atoms with Crippen LogP contribution in [-0.4, -0.2) is 16.2 Å². The van der Waals surface area contributed by atoms with E-state index in [1.807, 2.05) is 42.6 Å². The standard InChI is InChI=1S/C23H17BrF2N2OS/c24-16-7-5-15(6-8-16)12-28-13-22(18-3-1-2-4-21(18)28)30-14-23(29)27-20-10-9-17(25)11-19(20)26/h1-11,13H,12,14H2,(H,27,29). The second-order valence-electron chi connectivity index (χ2n) is 6.73. The third kappa shape index (κ3) is 4.74. The monoisotopic (exact) mass is 486 g/mol. The van der Waals surface area contributed by atoms with Gasteiger partial charge in [-0.05, 0) is 35.9 Å². The van der Waals surface area contributed by atoms with Gasteiger partial charge in [0.05, 0.1) is 11.4 Å². The zero-order chi connectivity index (χ0) is 21.1. The van der Waals surface area contributed by atoms with E-state index in [1.165, 1.54) is 23.4 Å². The first-order valence-corrected chi connectivity index (χ1v) is 11.0. The van der Waals surface area contributed by atoms with Crippen molar-refractivity contribution in [2.24, 2.45) is 0 Å². The molecule has 1 heterocycles. The zero-order valence-electron chi connectivity index (χ0n) is 15.7. The molecule has 3 nitrogen and oxygen atoms in total. The van der Waals surface area contributed by atoms with Gasteiger partial charge in [0.15, 0.2) is 0 Å². The minimum atomic E-state index is -0.792. The van der Waals surface area contributed by atoms with Crippen molar-refractivity contribution in [3.8, 4) is 0 Å². The fourth-order valence-electron chi connectivity index (χ4n) is 3.17. The van der Waals surface area contributed by atoms with E-state index in [-0.39, 0.29) is 17.3 Å². The van der Waals surface area contributed by atoms with Crippen LogP contribution >= 0.6 is 27.7 Å². The number of aromatic nitrogens is 1. The van der Waals surface area contributed by atoms with E-state index in [1.54, 1.807) is 0 Å². The number of thioether (sulfide) groups is 1. The van der Waals surface area contributed by atoms with Gasteiger partial charge in [0.1, 0.15) is 11.6 Å². The van der Waals surface area contributed by atoms with Crippen molar-refractivity contribution in [3.63, 3.8) is 0 Å². The van der Waals surface area contributed by atoms with Gasteiger partial charge in [0, 0.05) is 39.1 Å². The summed E-state index contributed by atoms with van der Waals surface area (Å²) in [5.41, 5.74) is 2.22. The highest BCUT2D eigenvalue weighted by Crippen LogP contribution is 2.31. The summed E-state index contributed by atoms with van der Waals surface area (Å²) in [7, 11) is 0. The topological polar surface area (TPSA) is 34.0 Å². The van der Waals surface area contributed by atoms with Crippen LogP contribution in [0.1, 0.15) is 5.56 Å². The normalized spacial score (nSPS) is 11.0. The molecule has 0 bridgehead atoms. The van der Waals surface area contributed by atoms with Crippen LogP contribution in [0.4, 0.5) is 14.5 Å². The number of hydrogen-bond acceptors (Lipinski definition) is 2. The summed E-state index contributed by atoms with van der Waals surface area (Å²) in [6.45, 7) is 0.710. The summed E-state index contributed by atoms with van der Waals surface area (Å²) in [5.74, 6) is -1.71. The second kappa shape index (κ2) is 9.02. The number of carbonyl (C=O) groups excluding carboxylic acids is 1. The Balaban J connectivity index is 1.50. The third-order valence-electron chi connectivity index (χ3n) is 4.58. The van der Waals surface area contributed by atoms with E-state index in [0.29, 0.717) is 6.54 Å². The molecule has 4 rings (SSSR count). The first kappa shape index (κ1) is 20.6. The fraction of sp³-hybridized carbons (Fsp3) is 0.0870. The Bertz CT molecular complexity index is 1210. The molecule has 0 saturated heterocycles. The number of rotatable bonds is 6. The Morgan fingerprint density at radius 3 is 2.57 bits per heavy atom. The highest BCUT2D eigenvalue weighted by molar-refractivity contribution is 9.10. The Morgan fingerprint density at radius 1 is 1.03 bits per heavy atom. The van der Waals surface area contributed by atoms with Gasteiger partial charge < -0.3 is 9.88 Å². The van der Waals surface area contributed by atoms with Crippen LogP contribution in [0.3, 0.4) is 0 Å². The van der Waals surface area contributed by atoms with Crippen LogP contribution in [-0.2, 0) is 11.3 Å². The van der Waals surface area contributed by atoms with Gasteiger partial charge in [0.25, 0.3) is 0 Å². The molecule has 0 aliphatic carbocycles. The highest BCUT2D eigenvalue weighted by Gasteiger charge is 2.13. The van der Waals surface area contributed by atoms with E-state index in [2.05, 4.69) is 37.9 Å². The smallest absolute Gasteiger partial charge is 0.234 e. The number of hydrogen-bond donors (Lipinski definition) is 1. The van der Waals surface area contributed by atoms with Crippen molar-refractivity contribution >= 4 is 50.2 Å². The van der Waals surface area contributed by atoms with E-state index >= 15 is 0 Å². The lowest BCUT2D eigenvalue weighted by Crippen LogP contribution is -2.15. The second-order valence-corrected chi connectivity index (χ2v) is 8.66. The molecule has 1 N–H and O–H groups in total. The van der Waals surface area contributed by atoms with Gasteiger partial charge in [-0.3, -0.25) is 4.79 Å². The van der Waals surface area contributed by atoms with E-state index in [0.717, 1.165) is 32.4 Å². The largest absolute Gasteiger partial charge is 0.342 e. The predicted octanol–water partition coefficient (Wildman–Crippen LogP) is 6.46. The Morgan fingerprint density at radius 2 is 1.80 bits per heavy atom. The van der Waals surface area contributed by atoms with Gasteiger partial charge in [-0.2, -0.15) is 0 Å². The van der Waals surface area contributed by atoms with Crippen LogP contribution in [0.25, 0.3) is 10.9 Å². The van der Waals surface area contributed by atoms with Crippen LogP contribution < -0.4 is 5.32 Å². The number of amides is 1. The van der Waals surface area contributed by atoms with Crippen LogP contribution in [0.15, 0.2) is 82.3 Å². The maximum Gasteiger partial charge on any atom is 0.234 e. The minimum Gasteiger partial charge on any atom is -0.342 e. The molecule has 0 aliphatic heterocycles. The zero-order valence-corrected chi connectivity index (χ0v) is 18.1. The average Bonchev–Trinajstić information content (AvgIpc) is 3.08. The molecule has 3 aromatic carbocycles. The first-order chi connectivity index (χ1) is 14.5. The molecular weight excluding hydrogens is 470 g/mol. The molecule has 0 spiro atoms. The lowest BCUT2D eigenvalue weighted by molar-refractivity contribution is -0.113. The van der Waals surface area contributed by atoms with Gasteiger partial charge >= 0.3 is 0 Å². The average molecular weight is 487 g/mol. The molecule has 0 atom stereocenters. The Kier molecular flexibility index (Phi) is 6.20. The van der Waals surface area contributed by atoms with E-state index in [4.69, 9.17) is 0 Å². The first-order valence-electron chi connectivity index (χ1n) is 9.19. The molecule has 0 radical (unpaired) electrons. The molecule has 7 heteroatoms. The molecule has 1 aromatic heterocycles. The molecule has 0 fully saturated rings. The molecule has 4 aromatic rings. The molecule has 30 heavy (non-hydrogen) atoms. The minimum absolute atomic E-state index is 0.0281. The maximum absolute atomic E-state index is 13.7. The number of nitrogens with one attached hydrogen (secondary N) is 1. The summed E-state index contributed by atoms with van der Waals surface area (Å²) in [6, 6.07) is 19.2. The van der Waals surface area contributed by atoms with Crippen molar-refractivity contribution in [2.45, 2.75) is 11.4 Å². The summed E-state index contributed by atoms with van der Waals surface area (Å²) in [4.78, 5) is 13.3. The van der Waals surface area contributed by atoms with Gasteiger partial charge in [0.2, 0.25) is 5.91 Å². The quantitative estimate of drug-likeness (QED) is 0.317. The summed E-state index contributed by atoms with van der Waals surface area (Å²) in [5, 5.41) is 3.55. The Labute approximate surface area is 185 Å². The van der Waals surface area contributed by atoms with E-state index in [9.17, 15) is 13.6 Å². The molecule has 0 aliphatic rings. The van der Waals surface area contributed by atoms with Gasteiger partial charge in [-0.15, -0.1) is 11.8 Å². The van der Waals surface area contributed by atoms with Crippen molar-refractivity contribution in [3.05, 3.63) is 94.6 Å². The van der Waals surface area contributed by atoms with Crippen LogP contribution in [0.5, 0.6) is 0 Å². The van der Waals surface area contributed by atoms with Crippen molar-refractivity contribution in [2.75, 3.05) is 11.1 Å². The van der Waals surface area contributed by atoms with Crippen molar-refractivity contribution in [1.29, 1.82) is 0 Å². The number of carbonyl (C=O) groups is 1. The summed E-state index contributed by atoms with van der Waals surface area (Å²) < 4.78 is 30.0. The van der Waals surface area contributed by atoms with Crippen LogP contribution in [0.2, 0.25) is 0 Å². The number of fused-ring (bicyclic) bond motifs is 1. The fourth-order valence-corrected chi connectivity index (χ4v) is 4.32. The van der Waals surface area contributed by atoms with Crippen molar-refractivity contribution < 1.29 is 13.6 Å². The molecular formula is C23H17BrF2N2OS. The number of benzene rings is 3. The lowest BCUT2D eigenvalue weighted by Gasteiger charge is -2.06. The number of halogens is 3. The highest BCUT2D eigenvalue weighted by atomic mass is 79.9. The SMILES string of the molecule is O=C(CSc1cn(Cc2ccc(Br)cc2)c2ccccc12)Nc1ccc(F)cc1F. The summed E-state index contributed by atoms with van der Waals surface area (Å²) >= 11 is 4.83. The summed E-state index contributed by atoms with van der Waals surface area (Å²) in [6.07, 6.45) is 2.03. The van der Waals surface area contributed by atoms with Gasteiger partial charge in [-0.1, -0.05) is 46.3 Å². The predicted molar refractivity (Wildman–Crippen MR) is 121 cm³/mol. The molecule has 152 valence electrons. The number of nitrogens with zero attached hydrogens (tertiary/aromatic N) is 1. The molecule has 0 unspecified atom stereocenters. The van der Waals surface area contributed by atoms with Gasteiger partial charge in [-0.25, -0.2) is 8.78 Å². The molecule has 0 saturated carbocycles. The lowest BCUT2D eigenvalue weighted by atomic mass is 10.2. The number of anilines is 1. The molecule has 1 amide bonds. The van der Waals surface area contributed by atoms with E-state index < -0.39 is 11.6 Å². The maximum atomic E-state index is 13.7. The number of para-hydroxylation sites is 1. The third-order valence-corrected chi connectivity index (χ3v) is 6.15. The van der Waals surface area contributed by atoms with Crippen molar-refractivity contribution in [1.82, 2.24) is 4.57 Å². The van der Waals surface area contributed by atoms with Crippen LogP contribution in [0, 0.1) is 11.6 Å².